The van der Waals surface area contributed by atoms with Crippen molar-refractivity contribution in [1.29, 1.82) is 0 Å². The topological polar surface area (TPSA) is 79.7 Å². The maximum atomic E-state index is 12.7. The molecule has 7 nitrogen and oxygen atoms in total. The van der Waals surface area contributed by atoms with Gasteiger partial charge in [0, 0.05) is 5.92 Å². The third kappa shape index (κ3) is 4.31. The monoisotopic (exact) mass is 382 g/mol. The highest BCUT2D eigenvalue weighted by Gasteiger charge is 2.29. The molecule has 0 bridgehead atoms. The summed E-state index contributed by atoms with van der Waals surface area (Å²) in [6, 6.07) is 9.69. The highest BCUT2D eigenvalue weighted by atomic mass is 16.5. The maximum absolute atomic E-state index is 12.7. The largest absolute Gasteiger partial charge is 0.473 e. The lowest BCUT2D eigenvalue weighted by atomic mass is 9.92. The number of hydrogen-bond donors (Lipinski definition) is 0. The van der Waals surface area contributed by atoms with Crippen LogP contribution in [0.3, 0.4) is 0 Å². The van der Waals surface area contributed by atoms with Gasteiger partial charge in [0.25, 0.3) is 0 Å². The smallest absolute Gasteiger partial charge is 0.356 e. The van der Waals surface area contributed by atoms with Crippen molar-refractivity contribution in [3.63, 3.8) is 0 Å². The number of nitrogens with zero attached hydrogens (tertiary/aromatic N) is 2. The Balaban J connectivity index is 1.72. The molecule has 0 fully saturated rings. The molecule has 0 N–H and O–H groups in total. The number of aromatic nitrogens is 2. The van der Waals surface area contributed by atoms with Crippen LogP contribution in [0.15, 0.2) is 67.5 Å². The highest BCUT2D eigenvalue weighted by Crippen LogP contribution is 2.23. The van der Waals surface area contributed by atoms with Gasteiger partial charge >= 0.3 is 11.9 Å². The van der Waals surface area contributed by atoms with Gasteiger partial charge in [0.2, 0.25) is 0 Å². The summed E-state index contributed by atoms with van der Waals surface area (Å²) in [5.41, 5.74) is 1.36. The molecule has 2 heterocycles. The zero-order valence-electron chi connectivity index (χ0n) is 15.7. The van der Waals surface area contributed by atoms with E-state index < -0.39 is 17.9 Å². The van der Waals surface area contributed by atoms with Crippen LogP contribution in [0.1, 0.15) is 29.0 Å². The second-order valence-corrected chi connectivity index (χ2v) is 6.37. The summed E-state index contributed by atoms with van der Waals surface area (Å²) in [4.78, 5) is 28.9. The Kier molecular flexibility index (Phi) is 6.26. The first-order valence-corrected chi connectivity index (χ1v) is 8.92. The minimum absolute atomic E-state index is 0.0935. The molecule has 2 aromatic rings. The molecule has 7 heteroatoms. The lowest BCUT2D eigenvalue weighted by Crippen LogP contribution is -2.30. The van der Waals surface area contributed by atoms with Gasteiger partial charge in [0.15, 0.2) is 0 Å². The predicted molar refractivity (Wildman–Crippen MR) is 101 cm³/mol. The van der Waals surface area contributed by atoms with Gasteiger partial charge in [-0.1, -0.05) is 30.3 Å². The van der Waals surface area contributed by atoms with E-state index in [1.807, 2.05) is 37.3 Å². The van der Waals surface area contributed by atoms with Crippen LogP contribution < -0.4 is 0 Å². The van der Waals surface area contributed by atoms with Crippen molar-refractivity contribution in [2.24, 2.45) is 11.8 Å². The van der Waals surface area contributed by atoms with E-state index in [9.17, 15) is 9.59 Å². The molecule has 1 aliphatic heterocycles. The van der Waals surface area contributed by atoms with Crippen LogP contribution in [0, 0.1) is 11.8 Å². The van der Waals surface area contributed by atoms with Gasteiger partial charge in [0.05, 0.1) is 38.2 Å². The number of carbonyl (C=O) groups is 2. The first-order valence-electron chi connectivity index (χ1n) is 8.92. The lowest BCUT2D eigenvalue weighted by molar-refractivity contribution is -0.147. The summed E-state index contributed by atoms with van der Waals surface area (Å²) < 4.78 is 17.0. The molecule has 0 saturated carbocycles. The molecule has 28 heavy (non-hydrogen) atoms. The zero-order valence-corrected chi connectivity index (χ0v) is 15.7. The van der Waals surface area contributed by atoms with Crippen molar-refractivity contribution >= 4 is 11.9 Å². The van der Waals surface area contributed by atoms with Crippen LogP contribution in [0.4, 0.5) is 0 Å². The molecule has 1 aromatic carbocycles. The van der Waals surface area contributed by atoms with Crippen molar-refractivity contribution in [1.82, 2.24) is 9.55 Å². The Labute approximate surface area is 163 Å². The molecule has 0 spiro atoms. The van der Waals surface area contributed by atoms with Crippen LogP contribution in [-0.4, -0.2) is 35.2 Å². The number of ether oxygens (including phenoxy) is 3. The molecule has 1 aromatic heterocycles. The van der Waals surface area contributed by atoms with Gasteiger partial charge in [-0.05, 0) is 24.6 Å². The van der Waals surface area contributed by atoms with Crippen LogP contribution >= 0.6 is 0 Å². The van der Waals surface area contributed by atoms with E-state index >= 15 is 0 Å². The normalized spacial score (nSPS) is 15.5. The second-order valence-electron chi connectivity index (χ2n) is 6.37. The number of imidazole rings is 1. The zero-order chi connectivity index (χ0) is 19.9. The predicted octanol–water partition coefficient (Wildman–Crippen LogP) is 3.11. The van der Waals surface area contributed by atoms with Gasteiger partial charge in [0.1, 0.15) is 18.2 Å². The molecule has 1 aliphatic rings. The minimum Gasteiger partial charge on any atom is -0.473 e. The van der Waals surface area contributed by atoms with E-state index in [1.54, 1.807) is 23.0 Å². The standard InChI is InChI=1S/C21H22N2O5/c1-15(16-6-4-3-5-7-16)23-14-22-12-19(23)21(25)28-13-18(20(24)26-2)17-8-10-27-11-9-17/h3-12,14-15,17-18H,13H2,1-2H3. The molecular formula is C21H22N2O5. The van der Waals surface area contributed by atoms with Crippen LogP contribution in [-0.2, 0) is 19.0 Å². The summed E-state index contributed by atoms with van der Waals surface area (Å²) in [5, 5.41) is 0. The Morgan fingerprint density at radius 1 is 1.21 bits per heavy atom. The molecule has 0 aliphatic carbocycles. The van der Waals surface area contributed by atoms with Crippen LogP contribution in [0.2, 0.25) is 0 Å². The number of benzene rings is 1. The Hall–Kier alpha value is -3.35. The number of rotatable bonds is 7. The molecule has 146 valence electrons. The van der Waals surface area contributed by atoms with E-state index in [0.29, 0.717) is 5.69 Å². The molecule has 3 rings (SSSR count). The van der Waals surface area contributed by atoms with E-state index in [2.05, 4.69) is 4.98 Å². The summed E-state index contributed by atoms with van der Waals surface area (Å²) in [6.45, 7) is 1.86. The highest BCUT2D eigenvalue weighted by molar-refractivity contribution is 5.87. The fourth-order valence-electron chi connectivity index (χ4n) is 3.04. The summed E-state index contributed by atoms with van der Waals surface area (Å²) >= 11 is 0. The van der Waals surface area contributed by atoms with Gasteiger partial charge < -0.3 is 18.8 Å². The van der Waals surface area contributed by atoms with Crippen LogP contribution in [0.5, 0.6) is 0 Å². The van der Waals surface area contributed by atoms with E-state index in [1.165, 1.54) is 25.8 Å². The van der Waals surface area contributed by atoms with Crippen molar-refractivity contribution in [3.05, 3.63) is 78.8 Å². The van der Waals surface area contributed by atoms with Crippen molar-refractivity contribution in [2.75, 3.05) is 13.7 Å². The molecule has 0 amide bonds. The van der Waals surface area contributed by atoms with Crippen LogP contribution in [0.25, 0.3) is 0 Å². The summed E-state index contributed by atoms with van der Waals surface area (Å²) in [5.74, 6) is -1.94. The Morgan fingerprint density at radius 3 is 2.61 bits per heavy atom. The molecule has 0 saturated heterocycles. The van der Waals surface area contributed by atoms with Gasteiger partial charge in [-0.25, -0.2) is 9.78 Å². The third-order valence-corrected chi connectivity index (χ3v) is 4.70. The first kappa shape index (κ1) is 19.4. The van der Waals surface area contributed by atoms with Gasteiger partial charge in [-0.2, -0.15) is 0 Å². The Bertz CT molecular complexity index is 860. The molecule has 2 unspecified atom stereocenters. The number of hydrogen-bond acceptors (Lipinski definition) is 6. The number of allylic oxidation sites excluding steroid dienone is 2. The SMILES string of the molecule is COC(=O)C(COC(=O)c1cncn1C(C)c1ccccc1)C1C=COC=C1. The average molecular weight is 382 g/mol. The molecular weight excluding hydrogens is 360 g/mol. The molecule has 2 atom stereocenters. The third-order valence-electron chi connectivity index (χ3n) is 4.70. The summed E-state index contributed by atoms with van der Waals surface area (Å²) in [7, 11) is 1.31. The van der Waals surface area contributed by atoms with Gasteiger partial charge in [-0.15, -0.1) is 0 Å². The number of esters is 2. The number of carbonyl (C=O) groups excluding carboxylic acids is 2. The van der Waals surface area contributed by atoms with Crippen molar-refractivity contribution < 1.29 is 23.8 Å². The van der Waals surface area contributed by atoms with E-state index in [4.69, 9.17) is 14.2 Å². The van der Waals surface area contributed by atoms with E-state index in [0.717, 1.165) is 5.56 Å². The van der Waals surface area contributed by atoms with E-state index in [-0.39, 0.29) is 18.6 Å². The minimum atomic E-state index is -0.659. The quantitative estimate of drug-likeness (QED) is 0.685. The summed E-state index contributed by atoms with van der Waals surface area (Å²) in [6.07, 6.45) is 9.46. The fraction of sp³-hybridized carbons (Fsp3) is 0.286. The first-order chi connectivity index (χ1) is 13.6. The van der Waals surface area contributed by atoms with Crippen molar-refractivity contribution in [2.45, 2.75) is 13.0 Å². The fourth-order valence-corrected chi connectivity index (χ4v) is 3.04. The van der Waals surface area contributed by atoms with Crippen molar-refractivity contribution in [3.8, 4) is 0 Å². The average Bonchev–Trinajstić information content (AvgIpc) is 3.24. The Morgan fingerprint density at radius 2 is 1.93 bits per heavy atom. The number of methoxy groups -OCH3 is 1. The second kappa shape index (κ2) is 9.03. The molecule has 0 radical (unpaired) electrons. The lowest BCUT2D eigenvalue weighted by Gasteiger charge is -2.21. The maximum Gasteiger partial charge on any atom is 0.356 e. The van der Waals surface area contributed by atoms with Gasteiger partial charge in [-0.3, -0.25) is 4.79 Å².